The van der Waals surface area contributed by atoms with E-state index in [2.05, 4.69) is 31.3 Å². The molecular weight excluding hydrogens is 614 g/mol. The van der Waals surface area contributed by atoms with Gasteiger partial charge in [-0.25, -0.2) is 0 Å². The Balaban J connectivity index is 3.85. The van der Waals surface area contributed by atoms with E-state index in [0.717, 1.165) is 32.1 Å². The second-order valence-electron chi connectivity index (χ2n) is 14.8. The lowest BCUT2D eigenvalue weighted by Gasteiger charge is -2.28. The van der Waals surface area contributed by atoms with E-state index in [0.29, 0.717) is 19.3 Å². The number of carbonyl (C=O) groups excluding carboxylic acids is 1. The molecule has 0 rings (SSSR count). The molecule has 2 unspecified atom stereocenters. The lowest BCUT2D eigenvalue weighted by Crippen LogP contribution is -2.54. The number of carbonyl (C=O) groups is 1. The summed E-state index contributed by atoms with van der Waals surface area (Å²) in [7, 11) is 0. The zero-order valence-electron chi connectivity index (χ0n) is 32.3. The van der Waals surface area contributed by atoms with E-state index < -0.39 is 43.0 Å². The fraction of sp³-hybridized carbons (Fsp3) is 0.929. The van der Waals surface area contributed by atoms with Crippen LogP contribution in [0.25, 0.3) is 0 Å². The van der Waals surface area contributed by atoms with Crippen LogP contribution in [0.5, 0.6) is 0 Å². The highest BCUT2D eigenvalue weighted by molar-refractivity contribution is 5.81. The molecule has 0 aromatic carbocycles. The molecule has 0 aliphatic rings. The van der Waals surface area contributed by atoms with Gasteiger partial charge in [0, 0.05) is 0 Å². The number of nitrogens with one attached hydrogen (secondary N) is 1. The maximum Gasteiger partial charge on any atom is 0.251 e. The number of aliphatic hydroxyl groups is 5. The van der Waals surface area contributed by atoms with Gasteiger partial charge in [-0.1, -0.05) is 187 Å². The minimum absolute atomic E-state index is 0.314. The van der Waals surface area contributed by atoms with E-state index in [4.69, 9.17) is 0 Å². The van der Waals surface area contributed by atoms with Crippen LogP contribution in [0.15, 0.2) is 12.2 Å². The van der Waals surface area contributed by atoms with Crippen molar-refractivity contribution in [1.82, 2.24) is 5.32 Å². The van der Waals surface area contributed by atoms with Crippen LogP contribution >= 0.6 is 0 Å². The first-order valence-corrected chi connectivity index (χ1v) is 21.2. The summed E-state index contributed by atoms with van der Waals surface area (Å²) in [6.07, 6.45) is 35.6. The number of allylic oxidation sites excluding steroid dienone is 2. The number of hydrogen-bond acceptors (Lipinski definition) is 6. The van der Waals surface area contributed by atoms with E-state index in [1.165, 1.54) is 148 Å². The quantitative estimate of drug-likeness (QED) is 0.0282. The third-order valence-electron chi connectivity index (χ3n) is 10.1. The smallest absolute Gasteiger partial charge is 0.251 e. The lowest BCUT2D eigenvalue weighted by atomic mass is 9.99. The third-order valence-corrected chi connectivity index (χ3v) is 10.1. The van der Waals surface area contributed by atoms with Crippen molar-refractivity contribution in [3.63, 3.8) is 0 Å². The largest absolute Gasteiger partial charge is 0.394 e. The van der Waals surface area contributed by atoms with Gasteiger partial charge in [0.25, 0.3) is 5.91 Å². The molecular formula is C42H83NO6. The molecule has 7 nitrogen and oxygen atoms in total. The molecule has 7 heteroatoms. The summed E-state index contributed by atoms with van der Waals surface area (Å²) in [5.41, 5.74) is 0. The highest BCUT2D eigenvalue weighted by Crippen LogP contribution is 2.16. The van der Waals surface area contributed by atoms with E-state index in [1.54, 1.807) is 0 Å². The minimum atomic E-state index is -1.64. The van der Waals surface area contributed by atoms with Gasteiger partial charge in [0.1, 0.15) is 6.10 Å². The monoisotopic (exact) mass is 698 g/mol. The molecule has 0 saturated carbocycles. The molecule has 49 heavy (non-hydrogen) atoms. The summed E-state index contributed by atoms with van der Waals surface area (Å²) in [4.78, 5) is 12.5. The van der Waals surface area contributed by atoms with Gasteiger partial charge in [-0.05, 0) is 38.5 Å². The molecule has 0 saturated heterocycles. The molecule has 0 heterocycles. The predicted molar refractivity (Wildman–Crippen MR) is 207 cm³/mol. The van der Waals surface area contributed by atoms with Crippen LogP contribution in [0.3, 0.4) is 0 Å². The van der Waals surface area contributed by atoms with Gasteiger partial charge in [-0.3, -0.25) is 4.79 Å². The van der Waals surface area contributed by atoms with Crippen molar-refractivity contribution in [2.24, 2.45) is 0 Å². The highest BCUT2D eigenvalue weighted by Gasteiger charge is 2.31. The fourth-order valence-electron chi connectivity index (χ4n) is 6.61. The second-order valence-corrected chi connectivity index (χ2v) is 14.8. The van der Waals surface area contributed by atoms with Crippen molar-refractivity contribution in [2.75, 3.05) is 6.61 Å². The molecule has 0 aromatic heterocycles. The molecule has 292 valence electrons. The van der Waals surface area contributed by atoms with Crippen molar-refractivity contribution in [3.8, 4) is 0 Å². The van der Waals surface area contributed by atoms with Gasteiger partial charge in [0.05, 0.1) is 24.9 Å². The van der Waals surface area contributed by atoms with Crippen LogP contribution in [0, 0.1) is 0 Å². The van der Waals surface area contributed by atoms with Crippen molar-refractivity contribution in [1.29, 1.82) is 0 Å². The molecule has 0 radical (unpaired) electrons. The molecule has 0 fully saturated rings. The SMILES string of the molecule is CCCCCCCCC/C=C/CCC[C@@H](O)[C@@H](O)[C@H](CO)NC(=O)C(O)C(O)CCCCCCCCCCCCCCCCCCCCC. The molecule has 1 amide bonds. The third kappa shape index (κ3) is 30.4. The Morgan fingerprint density at radius 3 is 1.24 bits per heavy atom. The standard InChI is InChI=1S/C42H83NO6/c1-3-5-7-9-11-13-15-17-18-19-20-21-22-23-25-27-29-31-33-35-39(46)41(48)42(49)43-37(36-44)40(47)38(45)34-32-30-28-26-24-16-14-12-10-8-6-4-2/h26,28,37-41,44-48H,3-25,27,29-36H2,1-2H3,(H,43,49)/b28-26+/t37-,38+,39?,40-,41?/m0/s1. The molecule has 0 bridgehead atoms. The minimum Gasteiger partial charge on any atom is -0.394 e. The van der Waals surface area contributed by atoms with Gasteiger partial charge >= 0.3 is 0 Å². The van der Waals surface area contributed by atoms with Crippen molar-refractivity contribution in [3.05, 3.63) is 12.2 Å². The van der Waals surface area contributed by atoms with E-state index in [1.807, 2.05) is 0 Å². The molecule has 0 aliphatic carbocycles. The van der Waals surface area contributed by atoms with Gasteiger partial charge in [0.2, 0.25) is 0 Å². The number of aliphatic hydroxyl groups excluding tert-OH is 5. The Hall–Kier alpha value is -0.990. The lowest BCUT2D eigenvalue weighted by molar-refractivity contribution is -0.138. The summed E-state index contributed by atoms with van der Waals surface area (Å²) in [5.74, 6) is -0.844. The summed E-state index contributed by atoms with van der Waals surface area (Å²) in [5, 5.41) is 53.8. The first-order valence-electron chi connectivity index (χ1n) is 21.2. The Kier molecular flexibility index (Phi) is 36.0. The van der Waals surface area contributed by atoms with Crippen molar-refractivity contribution in [2.45, 2.75) is 243 Å². The molecule has 5 atom stereocenters. The topological polar surface area (TPSA) is 130 Å². The average molecular weight is 698 g/mol. The van der Waals surface area contributed by atoms with Crippen LogP contribution in [-0.4, -0.2) is 68.5 Å². The van der Waals surface area contributed by atoms with Crippen molar-refractivity contribution < 1.29 is 30.3 Å². The fourth-order valence-corrected chi connectivity index (χ4v) is 6.61. The van der Waals surface area contributed by atoms with Crippen LogP contribution in [0.4, 0.5) is 0 Å². The van der Waals surface area contributed by atoms with Crippen LogP contribution in [0.1, 0.15) is 213 Å². The Morgan fingerprint density at radius 1 is 0.490 bits per heavy atom. The molecule has 0 aromatic rings. The first-order chi connectivity index (χ1) is 23.9. The first kappa shape index (κ1) is 48.0. The maximum atomic E-state index is 12.5. The molecule has 0 aliphatic heterocycles. The van der Waals surface area contributed by atoms with E-state index >= 15 is 0 Å². The zero-order chi connectivity index (χ0) is 36.2. The van der Waals surface area contributed by atoms with Crippen molar-refractivity contribution >= 4 is 5.91 Å². The van der Waals surface area contributed by atoms with Crippen LogP contribution in [-0.2, 0) is 4.79 Å². The van der Waals surface area contributed by atoms with Gasteiger partial charge in [-0.15, -0.1) is 0 Å². The maximum absolute atomic E-state index is 12.5. The van der Waals surface area contributed by atoms with E-state index in [9.17, 15) is 30.3 Å². The Bertz CT molecular complexity index is 719. The number of amides is 1. The second kappa shape index (κ2) is 36.8. The summed E-state index contributed by atoms with van der Waals surface area (Å²) < 4.78 is 0. The Morgan fingerprint density at radius 2 is 0.837 bits per heavy atom. The van der Waals surface area contributed by atoms with E-state index in [-0.39, 0.29) is 0 Å². The average Bonchev–Trinajstić information content (AvgIpc) is 3.11. The summed E-state index contributed by atoms with van der Waals surface area (Å²) in [6.45, 7) is 3.92. The zero-order valence-corrected chi connectivity index (χ0v) is 32.3. The number of rotatable bonds is 38. The molecule has 0 spiro atoms. The van der Waals surface area contributed by atoms with Gasteiger partial charge in [0.15, 0.2) is 6.10 Å². The number of hydrogen-bond donors (Lipinski definition) is 6. The number of unbranched alkanes of at least 4 members (excludes halogenated alkanes) is 26. The van der Waals surface area contributed by atoms with Crippen LogP contribution < -0.4 is 5.32 Å². The summed E-state index contributed by atoms with van der Waals surface area (Å²) >= 11 is 0. The van der Waals surface area contributed by atoms with Crippen LogP contribution in [0.2, 0.25) is 0 Å². The summed E-state index contributed by atoms with van der Waals surface area (Å²) in [6, 6.07) is -1.12. The molecule has 6 N–H and O–H groups in total. The van der Waals surface area contributed by atoms with Gasteiger partial charge < -0.3 is 30.8 Å². The highest BCUT2D eigenvalue weighted by atomic mass is 16.3. The Labute approximate surface area is 303 Å². The van der Waals surface area contributed by atoms with Gasteiger partial charge in [-0.2, -0.15) is 0 Å². The normalized spacial score (nSPS) is 15.0. The predicted octanol–water partition coefficient (Wildman–Crippen LogP) is 9.60.